The molecule has 2 aromatic carbocycles. The second-order valence-corrected chi connectivity index (χ2v) is 8.45. The summed E-state index contributed by atoms with van der Waals surface area (Å²) in [4.78, 5) is 25.3. The highest BCUT2D eigenvalue weighted by molar-refractivity contribution is 7.54. The Morgan fingerprint density at radius 1 is 0.967 bits per heavy atom. The topological polar surface area (TPSA) is 152 Å². The van der Waals surface area contributed by atoms with Gasteiger partial charge in [-0.05, 0) is 12.1 Å². The van der Waals surface area contributed by atoms with Gasteiger partial charge in [0.1, 0.15) is 28.9 Å². The number of phenolic OH excluding ortho intramolecular Hbond substituents is 3. The third-order valence-electron chi connectivity index (χ3n) is 4.36. The molecule has 0 unspecified atom stereocenters. The predicted octanol–water partition coefficient (Wildman–Crippen LogP) is 2.30. The Hall–Kier alpha value is -3.07. The van der Waals surface area contributed by atoms with Crippen molar-refractivity contribution < 1.29 is 43.3 Å². The van der Waals surface area contributed by atoms with E-state index in [1.54, 1.807) is 18.2 Å². The molecule has 2 aromatic rings. The van der Waals surface area contributed by atoms with Crippen LogP contribution < -0.4 is 5.32 Å². The highest BCUT2D eigenvalue weighted by Crippen LogP contribution is 2.64. The number of nitrogens with one attached hydrogen (secondary N) is 1. The third kappa shape index (κ3) is 4.73. The first-order chi connectivity index (χ1) is 14.2. The minimum absolute atomic E-state index is 0.189. The van der Waals surface area contributed by atoms with Crippen LogP contribution in [0.25, 0.3) is 0 Å². The van der Waals surface area contributed by atoms with Gasteiger partial charge in [0, 0.05) is 31.9 Å². The van der Waals surface area contributed by atoms with Gasteiger partial charge in [0.2, 0.25) is 0 Å². The molecule has 2 atom stereocenters. The fourth-order valence-corrected chi connectivity index (χ4v) is 4.67. The summed E-state index contributed by atoms with van der Waals surface area (Å²) in [5.74, 6) is -3.64. The molecule has 0 bridgehead atoms. The first-order valence-electron chi connectivity index (χ1n) is 8.58. The maximum atomic E-state index is 13.3. The molecule has 0 saturated heterocycles. The van der Waals surface area contributed by atoms with Crippen LogP contribution in [0.15, 0.2) is 42.5 Å². The maximum Gasteiger partial charge on any atom is 0.340 e. The number of benzene rings is 2. The van der Waals surface area contributed by atoms with E-state index in [2.05, 4.69) is 5.32 Å². The molecular weight excluding hydrogens is 417 g/mol. The minimum atomic E-state index is -4.27. The van der Waals surface area contributed by atoms with Crippen molar-refractivity contribution in [2.75, 3.05) is 21.3 Å². The van der Waals surface area contributed by atoms with Gasteiger partial charge in [-0.1, -0.05) is 18.2 Å². The van der Waals surface area contributed by atoms with Crippen molar-refractivity contribution in [2.45, 2.75) is 11.7 Å². The Kier molecular flexibility index (Phi) is 7.44. The summed E-state index contributed by atoms with van der Waals surface area (Å²) in [6.07, 6.45) is 0. The van der Waals surface area contributed by atoms with Crippen LogP contribution in [0.3, 0.4) is 0 Å². The molecule has 162 valence electrons. The lowest BCUT2D eigenvalue weighted by atomic mass is 10.0. The minimum Gasteiger partial charge on any atom is -0.508 e. The number of esters is 1. The molecule has 0 radical (unpaired) electrons. The molecule has 0 aliphatic carbocycles. The second-order valence-electron chi connectivity index (χ2n) is 6.09. The zero-order valence-corrected chi connectivity index (χ0v) is 17.3. The van der Waals surface area contributed by atoms with Gasteiger partial charge < -0.3 is 34.4 Å². The summed E-state index contributed by atoms with van der Waals surface area (Å²) in [5.41, 5.74) is -1.97. The van der Waals surface area contributed by atoms with E-state index in [0.29, 0.717) is 0 Å². The van der Waals surface area contributed by atoms with Crippen molar-refractivity contribution in [2.24, 2.45) is 0 Å². The monoisotopic (exact) mass is 439 g/mol. The van der Waals surface area contributed by atoms with Crippen LogP contribution in [0, 0.1) is 0 Å². The number of carbonyl (C=O) groups is 2. The Balaban J connectivity index is 2.67. The number of methoxy groups -OCH3 is 1. The highest BCUT2D eigenvalue weighted by Gasteiger charge is 2.48. The first kappa shape index (κ1) is 23.2. The van der Waals surface area contributed by atoms with Crippen LogP contribution in [-0.2, 0) is 23.1 Å². The molecule has 0 spiro atoms. The molecule has 0 aliphatic heterocycles. The zero-order chi connectivity index (χ0) is 22.5. The number of amides is 1. The normalized spacial score (nSPS) is 13.3. The van der Waals surface area contributed by atoms with Crippen LogP contribution in [0.5, 0.6) is 17.2 Å². The number of hydrogen-bond acceptors (Lipinski definition) is 9. The lowest BCUT2D eigenvalue weighted by Gasteiger charge is -2.31. The Morgan fingerprint density at radius 3 is 1.97 bits per heavy atom. The molecule has 2 rings (SSSR count). The standard InChI is InChI=1S/C19H22NO9P/c1-27-19(25)16(20-18(24)11-7-5-4-6-8-11)17(30(26,28-2)29-3)15-13(22)9-12(21)10-14(15)23/h4-10,16-17,21-23H,1-3H3,(H,20,24)/t16-,17+/m0/s1. The zero-order valence-electron chi connectivity index (χ0n) is 16.4. The number of aromatic hydroxyl groups is 3. The Labute approximate surface area is 172 Å². The van der Waals surface area contributed by atoms with Crippen molar-refractivity contribution in [3.8, 4) is 17.2 Å². The van der Waals surface area contributed by atoms with Crippen LogP contribution in [-0.4, -0.2) is 54.6 Å². The molecule has 30 heavy (non-hydrogen) atoms. The van der Waals surface area contributed by atoms with Gasteiger partial charge in [-0.15, -0.1) is 0 Å². The molecule has 11 heteroatoms. The fourth-order valence-electron chi connectivity index (χ4n) is 2.93. The van der Waals surface area contributed by atoms with Crippen molar-refractivity contribution in [1.82, 2.24) is 5.32 Å². The van der Waals surface area contributed by atoms with E-state index in [9.17, 15) is 29.5 Å². The van der Waals surface area contributed by atoms with Crippen molar-refractivity contribution in [3.05, 3.63) is 53.6 Å². The smallest absolute Gasteiger partial charge is 0.340 e. The summed E-state index contributed by atoms with van der Waals surface area (Å²) in [6, 6.07) is 7.90. The van der Waals surface area contributed by atoms with Crippen LogP contribution in [0.2, 0.25) is 0 Å². The van der Waals surface area contributed by atoms with Gasteiger partial charge in [0.25, 0.3) is 5.91 Å². The third-order valence-corrected chi connectivity index (χ3v) is 6.62. The van der Waals surface area contributed by atoms with Crippen LogP contribution >= 0.6 is 7.60 Å². The predicted molar refractivity (Wildman–Crippen MR) is 106 cm³/mol. The first-order valence-corrected chi connectivity index (χ1v) is 10.2. The second kappa shape index (κ2) is 9.62. The Morgan fingerprint density at radius 2 is 1.50 bits per heavy atom. The molecule has 0 aromatic heterocycles. The summed E-state index contributed by atoms with van der Waals surface area (Å²) < 4.78 is 28.1. The van der Waals surface area contributed by atoms with Crippen molar-refractivity contribution in [1.29, 1.82) is 0 Å². The Bertz CT molecular complexity index is 933. The lowest BCUT2D eigenvalue weighted by Crippen LogP contribution is -2.45. The maximum absolute atomic E-state index is 13.3. The average molecular weight is 439 g/mol. The van der Waals surface area contributed by atoms with E-state index in [0.717, 1.165) is 33.5 Å². The highest BCUT2D eigenvalue weighted by atomic mass is 31.2. The number of rotatable bonds is 8. The van der Waals surface area contributed by atoms with Crippen LogP contribution in [0.4, 0.5) is 0 Å². The van der Waals surface area contributed by atoms with Gasteiger partial charge in [-0.3, -0.25) is 9.36 Å². The number of phenols is 3. The van der Waals surface area contributed by atoms with E-state index in [-0.39, 0.29) is 5.56 Å². The van der Waals surface area contributed by atoms with E-state index in [1.807, 2.05) is 0 Å². The average Bonchev–Trinajstić information content (AvgIpc) is 2.74. The lowest BCUT2D eigenvalue weighted by molar-refractivity contribution is -0.143. The van der Waals surface area contributed by atoms with Gasteiger partial charge >= 0.3 is 13.6 Å². The van der Waals surface area contributed by atoms with Gasteiger partial charge in [0.05, 0.1) is 12.7 Å². The molecule has 0 saturated carbocycles. The number of carbonyl (C=O) groups excluding carboxylic acids is 2. The SMILES string of the molecule is COC(=O)[C@@H](NC(=O)c1ccccc1)[C@@H](c1c(O)cc(O)cc1O)P(=O)(OC)OC. The molecule has 4 N–H and O–H groups in total. The summed E-state index contributed by atoms with van der Waals surface area (Å²) in [5, 5.41) is 32.7. The largest absolute Gasteiger partial charge is 0.508 e. The molecule has 0 heterocycles. The van der Waals surface area contributed by atoms with Crippen molar-refractivity contribution >= 4 is 19.5 Å². The quantitative estimate of drug-likeness (QED) is 0.359. The van der Waals surface area contributed by atoms with Crippen LogP contribution in [0.1, 0.15) is 21.6 Å². The van der Waals surface area contributed by atoms with E-state index in [1.165, 1.54) is 12.1 Å². The molecule has 10 nitrogen and oxygen atoms in total. The molecule has 0 aliphatic rings. The summed E-state index contributed by atoms with van der Waals surface area (Å²) in [7, 11) is -1.14. The van der Waals surface area contributed by atoms with Gasteiger partial charge in [-0.2, -0.15) is 0 Å². The van der Waals surface area contributed by atoms with Gasteiger partial charge in [-0.25, -0.2) is 4.79 Å². The van der Waals surface area contributed by atoms with E-state index < -0.39 is 54.0 Å². The van der Waals surface area contributed by atoms with Gasteiger partial charge in [0.15, 0.2) is 0 Å². The molecule has 0 fully saturated rings. The number of ether oxygens (including phenoxy) is 1. The van der Waals surface area contributed by atoms with E-state index >= 15 is 0 Å². The molecule has 1 amide bonds. The van der Waals surface area contributed by atoms with Crippen molar-refractivity contribution in [3.63, 3.8) is 0 Å². The summed E-state index contributed by atoms with van der Waals surface area (Å²) >= 11 is 0. The fraction of sp³-hybridized carbons (Fsp3) is 0.263. The summed E-state index contributed by atoms with van der Waals surface area (Å²) in [6.45, 7) is 0. The number of hydrogen-bond donors (Lipinski definition) is 4. The molecular formula is C19H22NO9P. The van der Waals surface area contributed by atoms with E-state index in [4.69, 9.17) is 13.8 Å².